The van der Waals surface area contributed by atoms with E-state index in [1.807, 2.05) is 12.3 Å². The third kappa shape index (κ3) is 1.37. The Bertz CT molecular complexity index is 558. The van der Waals surface area contributed by atoms with Gasteiger partial charge in [0.1, 0.15) is 5.75 Å². The fourth-order valence-corrected chi connectivity index (χ4v) is 2.19. The summed E-state index contributed by atoms with van der Waals surface area (Å²) in [5, 5.41) is 1.14. The monoisotopic (exact) mass is 215 g/mol. The molecule has 0 aliphatic rings. The van der Waals surface area contributed by atoms with Crippen LogP contribution in [0.4, 0.5) is 0 Å². The van der Waals surface area contributed by atoms with Crippen molar-refractivity contribution in [3.8, 4) is 5.75 Å². The van der Waals surface area contributed by atoms with Gasteiger partial charge in [-0.2, -0.15) is 0 Å². The normalized spacial score (nSPS) is 10.8. The Balaban J connectivity index is 3.02. The minimum atomic E-state index is 0.911. The number of hydrogen-bond donors (Lipinski definition) is 0. The number of aryl methyl sites for hydroxylation is 2. The van der Waals surface area contributed by atoms with Gasteiger partial charge in [0.15, 0.2) is 0 Å². The zero-order valence-electron chi connectivity index (χ0n) is 10.5. The zero-order chi connectivity index (χ0) is 11.9. The Morgan fingerprint density at radius 1 is 0.938 bits per heavy atom. The first-order valence-corrected chi connectivity index (χ1v) is 5.47. The third-order valence-electron chi connectivity index (χ3n) is 3.55. The number of nitrogens with zero attached hydrogens (tertiary/aromatic N) is 1. The Morgan fingerprint density at radius 3 is 2.19 bits per heavy atom. The number of hydrogen-bond acceptors (Lipinski definition) is 2. The van der Waals surface area contributed by atoms with Crippen LogP contribution in [-0.4, -0.2) is 12.1 Å². The lowest BCUT2D eigenvalue weighted by atomic mass is 9.94. The number of benzene rings is 1. The minimum Gasteiger partial charge on any atom is -0.496 e. The molecule has 84 valence electrons. The van der Waals surface area contributed by atoms with Crippen molar-refractivity contribution in [2.24, 2.45) is 0 Å². The Kier molecular flexibility index (Phi) is 2.58. The molecule has 0 bridgehead atoms. The lowest BCUT2D eigenvalue weighted by Gasteiger charge is -2.15. The number of ether oxygens (including phenoxy) is 1. The molecule has 2 heteroatoms. The van der Waals surface area contributed by atoms with Crippen LogP contribution in [0, 0.1) is 27.7 Å². The summed E-state index contributed by atoms with van der Waals surface area (Å²) >= 11 is 0. The summed E-state index contributed by atoms with van der Waals surface area (Å²) in [7, 11) is 1.71. The van der Waals surface area contributed by atoms with Crippen LogP contribution < -0.4 is 4.74 Å². The standard InChI is InChI=1S/C14H17NO/c1-8-9(2)11(4)14-13(10(8)3)12(16-5)6-7-15-14/h6-7H,1-5H3. The molecule has 0 saturated carbocycles. The molecule has 0 aliphatic heterocycles. The molecule has 2 rings (SSSR count). The lowest BCUT2D eigenvalue weighted by Crippen LogP contribution is -1.97. The van der Waals surface area contributed by atoms with Crippen molar-refractivity contribution < 1.29 is 4.74 Å². The highest BCUT2D eigenvalue weighted by atomic mass is 16.5. The third-order valence-corrected chi connectivity index (χ3v) is 3.55. The molecule has 1 heterocycles. The van der Waals surface area contributed by atoms with E-state index in [-0.39, 0.29) is 0 Å². The summed E-state index contributed by atoms with van der Waals surface area (Å²) in [4.78, 5) is 4.47. The molecule has 0 aliphatic carbocycles. The first-order chi connectivity index (χ1) is 7.57. The SMILES string of the molecule is COc1ccnc2c(C)c(C)c(C)c(C)c12. The van der Waals surface area contributed by atoms with Crippen LogP contribution in [-0.2, 0) is 0 Å². The fourth-order valence-electron chi connectivity index (χ4n) is 2.19. The molecule has 0 spiro atoms. The van der Waals surface area contributed by atoms with Crippen LogP contribution in [0.25, 0.3) is 10.9 Å². The summed E-state index contributed by atoms with van der Waals surface area (Å²) in [6.07, 6.45) is 1.81. The van der Waals surface area contributed by atoms with Gasteiger partial charge in [-0.05, 0) is 56.0 Å². The van der Waals surface area contributed by atoms with Crippen molar-refractivity contribution in [1.82, 2.24) is 4.98 Å². The topological polar surface area (TPSA) is 22.1 Å². The number of aromatic nitrogens is 1. The molecule has 0 N–H and O–H groups in total. The van der Waals surface area contributed by atoms with Gasteiger partial charge in [0, 0.05) is 11.6 Å². The molecular formula is C14H17NO. The molecule has 0 saturated heterocycles. The molecule has 0 fully saturated rings. The van der Waals surface area contributed by atoms with E-state index in [0.29, 0.717) is 0 Å². The Hall–Kier alpha value is -1.57. The maximum atomic E-state index is 5.42. The van der Waals surface area contributed by atoms with E-state index in [1.54, 1.807) is 7.11 Å². The largest absolute Gasteiger partial charge is 0.496 e. The van der Waals surface area contributed by atoms with Gasteiger partial charge in [-0.15, -0.1) is 0 Å². The molecule has 0 amide bonds. The zero-order valence-corrected chi connectivity index (χ0v) is 10.5. The van der Waals surface area contributed by atoms with Gasteiger partial charge in [0.2, 0.25) is 0 Å². The van der Waals surface area contributed by atoms with Crippen molar-refractivity contribution in [2.75, 3.05) is 7.11 Å². The van der Waals surface area contributed by atoms with Gasteiger partial charge < -0.3 is 4.74 Å². The number of rotatable bonds is 1. The Morgan fingerprint density at radius 2 is 1.56 bits per heavy atom. The van der Waals surface area contributed by atoms with Crippen molar-refractivity contribution in [1.29, 1.82) is 0 Å². The molecule has 16 heavy (non-hydrogen) atoms. The number of fused-ring (bicyclic) bond motifs is 1. The van der Waals surface area contributed by atoms with Crippen LogP contribution >= 0.6 is 0 Å². The molecule has 0 atom stereocenters. The average Bonchev–Trinajstić information content (AvgIpc) is 2.32. The van der Waals surface area contributed by atoms with Gasteiger partial charge in [-0.1, -0.05) is 0 Å². The first kappa shape index (κ1) is 10.9. The fraction of sp³-hybridized carbons (Fsp3) is 0.357. The van der Waals surface area contributed by atoms with Crippen LogP contribution in [0.3, 0.4) is 0 Å². The molecular weight excluding hydrogens is 198 g/mol. The van der Waals surface area contributed by atoms with Crippen LogP contribution in [0.15, 0.2) is 12.3 Å². The molecule has 1 aromatic heterocycles. The molecule has 0 unspecified atom stereocenters. The van der Waals surface area contributed by atoms with Crippen molar-refractivity contribution in [3.63, 3.8) is 0 Å². The van der Waals surface area contributed by atoms with Crippen molar-refractivity contribution >= 4 is 10.9 Å². The Labute approximate surface area is 96.3 Å². The van der Waals surface area contributed by atoms with Crippen LogP contribution in [0.1, 0.15) is 22.3 Å². The highest BCUT2D eigenvalue weighted by molar-refractivity contribution is 5.92. The maximum Gasteiger partial charge on any atom is 0.130 e. The van der Waals surface area contributed by atoms with Gasteiger partial charge >= 0.3 is 0 Å². The van der Waals surface area contributed by atoms with E-state index in [0.717, 1.165) is 16.7 Å². The molecule has 2 nitrogen and oxygen atoms in total. The summed E-state index contributed by atoms with van der Waals surface area (Å²) in [6, 6.07) is 1.92. The first-order valence-electron chi connectivity index (χ1n) is 5.47. The summed E-state index contributed by atoms with van der Waals surface area (Å²) in [5.41, 5.74) is 6.22. The van der Waals surface area contributed by atoms with E-state index < -0.39 is 0 Å². The molecule has 2 aromatic rings. The van der Waals surface area contributed by atoms with E-state index in [2.05, 4.69) is 32.7 Å². The van der Waals surface area contributed by atoms with Crippen LogP contribution in [0.2, 0.25) is 0 Å². The summed E-state index contributed by atoms with van der Waals surface area (Å²) < 4.78 is 5.42. The van der Waals surface area contributed by atoms with E-state index in [4.69, 9.17) is 4.74 Å². The second-order valence-corrected chi connectivity index (χ2v) is 4.24. The van der Waals surface area contributed by atoms with Crippen molar-refractivity contribution in [2.45, 2.75) is 27.7 Å². The molecule has 1 aromatic carbocycles. The highest BCUT2D eigenvalue weighted by Gasteiger charge is 2.13. The summed E-state index contributed by atoms with van der Waals surface area (Å²) in [6.45, 7) is 8.56. The smallest absolute Gasteiger partial charge is 0.130 e. The number of methoxy groups -OCH3 is 1. The van der Waals surface area contributed by atoms with Gasteiger partial charge in [0.25, 0.3) is 0 Å². The second-order valence-electron chi connectivity index (χ2n) is 4.24. The summed E-state index contributed by atoms with van der Waals surface area (Å²) in [5.74, 6) is 0.911. The minimum absolute atomic E-state index is 0.911. The average molecular weight is 215 g/mol. The molecule has 0 radical (unpaired) electrons. The van der Waals surface area contributed by atoms with E-state index in [1.165, 1.54) is 22.3 Å². The van der Waals surface area contributed by atoms with Gasteiger partial charge in [0.05, 0.1) is 12.6 Å². The highest BCUT2D eigenvalue weighted by Crippen LogP contribution is 2.33. The van der Waals surface area contributed by atoms with E-state index in [9.17, 15) is 0 Å². The van der Waals surface area contributed by atoms with Crippen molar-refractivity contribution in [3.05, 3.63) is 34.5 Å². The lowest BCUT2D eigenvalue weighted by molar-refractivity contribution is 0.419. The quantitative estimate of drug-likeness (QED) is 0.726. The van der Waals surface area contributed by atoms with Gasteiger partial charge in [-0.25, -0.2) is 0 Å². The maximum absolute atomic E-state index is 5.42. The predicted octanol–water partition coefficient (Wildman–Crippen LogP) is 3.48. The predicted molar refractivity (Wildman–Crippen MR) is 67.2 cm³/mol. The van der Waals surface area contributed by atoms with E-state index >= 15 is 0 Å². The number of pyridine rings is 1. The van der Waals surface area contributed by atoms with Gasteiger partial charge in [-0.3, -0.25) is 4.98 Å². The van der Waals surface area contributed by atoms with Crippen LogP contribution in [0.5, 0.6) is 5.75 Å². The second kappa shape index (κ2) is 3.78.